The predicted molar refractivity (Wildman–Crippen MR) is 59.0 cm³/mol. The van der Waals surface area contributed by atoms with Gasteiger partial charge in [-0.25, -0.2) is 4.39 Å². The van der Waals surface area contributed by atoms with Gasteiger partial charge in [0.1, 0.15) is 11.6 Å². The van der Waals surface area contributed by atoms with Gasteiger partial charge in [0.25, 0.3) is 0 Å². The summed E-state index contributed by atoms with van der Waals surface area (Å²) in [6.07, 6.45) is -0.486. The van der Waals surface area contributed by atoms with Crippen LogP contribution in [0.15, 0.2) is 18.2 Å². The summed E-state index contributed by atoms with van der Waals surface area (Å²) < 4.78 is 23.2. The Morgan fingerprint density at radius 1 is 1.38 bits per heavy atom. The monoisotopic (exact) mass is 228 g/mol. The number of methoxy groups -OCH3 is 2. The van der Waals surface area contributed by atoms with Crippen LogP contribution in [0.2, 0.25) is 0 Å². The van der Waals surface area contributed by atoms with Crippen LogP contribution in [0.4, 0.5) is 4.39 Å². The summed E-state index contributed by atoms with van der Waals surface area (Å²) in [7, 11) is 3.06. The highest BCUT2D eigenvalue weighted by Gasteiger charge is 2.17. The summed E-state index contributed by atoms with van der Waals surface area (Å²) in [4.78, 5) is 0. The molecule has 0 aliphatic heterocycles. The SMILES string of the molecule is COc1ccc(F)cc1C(O)CC(C)OC. The van der Waals surface area contributed by atoms with E-state index in [1.165, 1.54) is 25.3 Å². The predicted octanol–water partition coefficient (Wildman–Crippen LogP) is 2.29. The van der Waals surface area contributed by atoms with Crippen LogP contribution >= 0.6 is 0 Å². The Labute approximate surface area is 94.8 Å². The van der Waals surface area contributed by atoms with Crippen LogP contribution in [0.5, 0.6) is 5.75 Å². The molecule has 0 spiro atoms. The van der Waals surface area contributed by atoms with Gasteiger partial charge in [-0.1, -0.05) is 0 Å². The third-order valence-corrected chi connectivity index (χ3v) is 2.51. The van der Waals surface area contributed by atoms with Crippen molar-refractivity contribution < 1.29 is 19.0 Å². The zero-order chi connectivity index (χ0) is 12.1. The van der Waals surface area contributed by atoms with Gasteiger partial charge in [-0.05, 0) is 25.1 Å². The first-order chi connectivity index (χ1) is 7.58. The average Bonchev–Trinajstić information content (AvgIpc) is 2.28. The lowest BCUT2D eigenvalue weighted by Gasteiger charge is -2.17. The maximum Gasteiger partial charge on any atom is 0.124 e. The van der Waals surface area contributed by atoms with Gasteiger partial charge in [-0.3, -0.25) is 0 Å². The molecule has 2 atom stereocenters. The van der Waals surface area contributed by atoms with Crippen molar-refractivity contribution in [3.8, 4) is 5.75 Å². The lowest BCUT2D eigenvalue weighted by atomic mass is 10.0. The largest absolute Gasteiger partial charge is 0.496 e. The third-order valence-electron chi connectivity index (χ3n) is 2.51. The summed E-state index contributed by atoms with van der Waals surface area (Å²) >= 11 is 0. The van der Waals surface area contributed by atoms with Crippen LogP contribution in [0, 0.1) is 5.82 Å². The zero-order valence-electron chi connectivity index (χ0n) is 9.74. The highest BCUT2D eigenvalue weighted by atomic mass is 19.1. The maximum atomic E-state index is 13.1. The molecule has 0 amide bonds. The van der Waals surface area contributed by atoms with E-state index in [2.05, 4.69) is 0 Å². The molecule has 16 heavy (non-hydrogen) atoms. The van der Waals surface area contributed by atoms with Crippen LogP contribution in [0.1, 0.15) is 25.0 Å². The molecule has 90 valence electrons. The normalized spacial score (nSPS) is 14.6. The van der Waals surface area contributed by atoms with Crippen LogP contribution in [-0.4, -0.2) is 25.4 Å². The average molecular weight is 228 g/mol. The van der Waals surface area contributed by atoms with Gasteiger partial charge in [0.2, 0.25) is 0 Å². The second-order valence-electron chi connectivity index (χ2n) is 3.68. The fraction of sp³-hybridized carbons (Fsp3) is 0.500. The van der Waals surface area contributed by atoms with Crippen molar-refractivity contribution in [3.63, 3.8) is 0 Å². The van der Waals surface area contributed by atoms with Crippen LogP contribution in [0.3, 0.4) is 0 Å². The summed E-state index contributed by atoms with van der Waals surface area (Å²) in [5, 5.41) is 9.93. The van der Waals surface area contributed by atoms with Crippen LogP contribution in [-0.2, 0) is 4.74 Å². The number of aliphatic hydroxyl groups excluding tert-OH is 1. The van der Waals surface area contributed by atoms with Crippen molar-refractivity contribution in [2.45, 2.75) is 25.6 Å². The lowest BCUT2D eigenvalue weighted by Crippen LogP contribution is -2.12. The molecule has 0 radical (unpaired) electrons. The second kappa shape index (κ2) is 5.82. The number of benzene rings is 1. The first-order valence-corrected chi connectivity index (χ1v) is 5.12. The molecule has 0 bridgehead atoms. The molecule has 0 aliphatic carbocycles. The van der Waals surface area contributed by atoms with E-state index < -0.39 is 6.10 Å². The number of hydrogen-bond donors (Lipinski definition) is 1. The van der Waals surface area contributed by atoms with E-state index >= 15 is 0 Å². The lowest BCUT2D eigenvalue weighted by molar-refractivity contribution is 0.0549. The molecule has 1 aromatic carbocycles. The van der Waals surface area contributed by atoms with Crippen molar-refractivity contribution in [2.75, 3.05) is 14.2 Å². The van der Waals surface area contributed by atoms with Crippen molar-refractivity contribution in [3.05, 3.63) is 29.6 Å². The van der Waals surface area contributed by atoms with E-state index in [1.54, 1.807) is 7.11 Å². The molecular formula is C12H17FO3. The molecule has 0 aromatic heterocycles. The van der Waals surface area contributed by atoms with Crippen molar-refractivity contribution >= 4 is 0 Å². The minimum atomic E-state index is -0.791. The Bertz CT molecular complexity index is 341. The molecule has 2 unspecified atom stereocenters. The van der Waals surface area contributed by atoms with Crippen molar-refractivity contribution in [1.29, 1.82) is 0 Å². The van der Waals surface area contributed by atoms with E-state index in [0.29, 0.717) is 17.7 Å². The number of aliphatic hydroxyl groups is 1. The Morgan fingerprint density at radius 2 is 2.06 bits per heavy atom. The molecular weight excluding hydrogens is 211 g/mol. The number of rotatable bonds is 5. The topological polar surface area (TPSA) is 38.7 Å². The van der Waals surface area contributed by atoms with Crippen molar-refractivity contribution in [2.24, 2.45) is 0 Å². The molecule has 1 rings (SSSR count). The maximum absolute atomic E-state index is 13.1. The van der Waals surface area contributed by atoms with Gasteiger partial charge < -0.3 is 14.6 Å². The van der Waals surface area contributed by atoms with Gasteiger partial charge >= 0.3 is 0 Å². The molecule has 1 aromatic rings. The molecule has 0 aliphatic rings. The number of halogens is 1. The van der Waals surface area contributed by atoms with Gasteiger partial charge in [0.05, 0.1) is 19.3 Å². The van der Waals surface area contributed by atoms with Gasteiger partial charge in [0, 0.05) is 19.1 Å². The zero-order valence-corrected chi connectivity index (χ0v) is 9.74. The molecule has 0 fully saturated rings. The third kappa shape index (κ3) is 3.18. The Morgan fingerprint density at radius 3 is 2.62 bits per heavy atom. The fourth-order valence-corrected chi connectivity index (χ4v) is 1.50. The summed E-state index contributed by atoms with van der Waals surface area (Å²) in [6, 6.07) is 4.09. The van der Waals surface area contributed by atoms with E-state index in [1.807, 2.05) is 6.92 Å². The minimum Gasteiger partial charge on any atom is -0.496 e. The van der Waals surface area contributed by atoms with E-state index in [9.17, 15) is 9.50 Å². The summed E-state index contributed by atoms with van der Waals surface area (Å²) in [5.74, 6) is 0.0946. The number of hydrogen-bond acceptors (Lipinski definition) is 3. The van der Waals surface area contributed by atoms with E-state index in [-0.39, 0.29) is 11.9 Å². The van der Waals surface area contributed by atoms with Crippen molar-refractivity contribution in [1.82, 2.24) is 0 Å². The molecule has 0 saturated carbocycles. The smallest absolute Gasteiger partial charge is 0.124 e. The van der Waals surface area contributed by atoms with Gasteiger partial charge in [-0.15, -0.1) is 0 Å². The minimum absolute atomic E-state index is 0.0945. The molecule has 0 saturated heterocycles. The number of ether oxygens (including phenoxy) is 2. The fourth-order valence-electron chi connectivity index (χ4n) is 1.50. The quantitative estimate of drug-likeness (QED) is 0.840. The highest BCUT2D eigenvalue weighted by Crippen LogP contribution is 2.29. The standard InChI is InChI=1S/C12H17FO3/c1-8(15-2)6-11(14)10-7-9(13)4-5-12(10)16-3/h4-5,7-8,11,14H,6H2,1-3H3. The highest BCUT2D eigenvalue weighted by molar-refractivity contribution is 5.35. The van der Waals surface area contributed by atoms with E-state index in [0.717, 1.165) is 0 Å². The first kappa shape index (κ1) is 12.9. The van der Waals surface area contributed by atoms with E-state index in [4.69, 9.17) is 9.47 Å². The Kier molecular flexibility index (Phi) is 4.71. The Hall–Kier alpha value is -1.13. The summed E-state index contributed by atoms with van der Waals surface area (Å²) in [5.41, 5.74) is 0.450. The Balaban J connectivity index is 2.88. The molecule has 3 nitrogen and oxygen atoms in total. The molecule has 4 heteroatoms. The van der Waals surface area contributed by atoms with Crippen LogP contribution in [0.25, 0.3) is 0 Å². The van der Waals surface area contributed by atoms with Gasteiger partial charge in [0.15, 0.2) is 0 Å². The van der Waals surface area contributed by atoms with Crippen LogP contribution < -0.4 is 4.74 Å². The van der Waals surface area contributed by atoms with Gasteiger partial charge in [-0.2, -0.15) is 0 Å². The summed E-state index contributed by atoms with van der Waals surface area (Å²) in [6.45, 7) is 1.84. The first-order valence-electron chi connectivity index (χ1n) is 5.12. The second-order valence-corrected chi connectivity index (χ2v) is 3.68. The molecule has 1 N–H and O–H groups in total. The molecule has 0 heterocycles.